The van der Waals surface area contributed by atoms with E-state index < -0.39 is 39.3 Å². The summed E-state index contributed by atoms with van der Waals surface area (Å²) in [6.07, 6.45) is -3.27. The molecule has 1 N–H and O–H groups in total. The average molecular weight is 374 g/mol. The minimum Gasteiger partial charge on any atom is -0.259 e. The molecule has 1 aromatic heterocycles. The van der Waals surface area contributed by atoms with Crippen molar-refractivity contribution < 1.29 is 21.8 Å². The quantitative estimate of drug-likeness (QED) is 0.807. The highest BCUT2D eigenvalue weighted by molar-refractivity contribution is 7.84. The first-order valence-corrected chi connectivity index (χ1v) is 8.61. The van der Waals surface area contributed by atoms with Crippen molar-refractivity contribution in [3.63, 3.8) is 0 Å². The van der Waals surface area contributed by atoms with E-state index in [4.69, 9.17) is 0 Å². The lowest BCUT2D eigenvalue weighted by Crippen LogP contribution is -2.36. The Morgan fingerprint density at radius 1 is 1.12 bits per heavy atom. The van der Waals surface area contributed by atoms with E-state index in [1.165, 1.54) is 6.20 Å². The molecule has 1 heterocycles. The number of pyridine rings is 1. The molecule has 0 aliphatic heterocycles. The number of hydrogen-bond acceptors (Lipinski definition) is 2. The van der Waals surface area contributed by atoms with E-state index in [-0.39, 0.29) is 5.56 Å². The largest absolute Gasteiger partial charge is 0.419 e. The van der Waals surface area contributed by atoms with E-state index in [0.29, 0.717) is 11.8 Å². The van der Waals surface area contributed by atoms with Crippen LogP contribution in [0.25, 0.3) is 0 Å². The van der Waals surface area contributed by atoms with Gasteiger partial charge in [-0.2, -0.15) is 13.2 Å². The lowest BCUT2D eigenvalue weighted by atomic mass is 10.0. The van der Waals surface area contributed by atoms with Gasteiger partial charge in [-0.1, -0.05) is 12.1 Å². The summed E-state index contributed by atoms with van der Waals surface area (Å²) in [6.45, 7) is 5.25. The van der Waals surface area contributed by atoms with E-state index in [1.54, 1.807) is 39.0 Å². The van der Waals surface area contributed by atoms with Gasteiger partial charge in [-0.25, -0.2) is 13.3 Å². The molecule has 25 heavy (non-hydrogen) atoms. The van der Waals surface area contributed by atoms with E-state index in [2.05, 4.69) is 9.71 Å². The number of benzene rings is 1. The molecule has 2 atom stereocenters. The molecule has 0 aliphatic carbocycles. The van der Waals surface area contributed by atoms with Crippen LogP contribution in [0, 0.1) is 5.82 Å². The van der Waals surface area contributed by atoms with Crippen LogP contribution >= 0.6 is 0 Å². The SMILES string of the molecule is CC(C)(C)[S@](=O)N[C@@H](c1ccc(C(F)(F)F)c(F)c1)c1ccccn1. The molecule has 2 rings (SSSR count). The normalized spacial score (nSPS) is 15.0. The topological polar surface area (TPSA) is 42.0 Å². The van der Waals surface area contributed by atoms with Gasteiger partial charge in [0.05, 0.1) is 33.0 Å². The van der Waals surface area contributed by atoms with Crippen LogP contribution in [0.2, 0.25) is 0 Å². The highest BCUT2D eigenvalue weighted by atomic mass is 32.2. The minimum absolute atomic E-state index is 0.210. The Labute approximate surface area is 146 Å². The number of nitrogens with one attached hydrogen (secondary N) is 1. The second-order valence-corrected chi connectivity index (χ2v) is 8.42. The van der Waals surface area contributed by atoms with Gasteiger partial charge in [0.2, 0.25) is 0 Å². The summed E-state index contributed by atoms with van der Waals surface area (Å²) in [5, 5.41) is 0. The summed E-state index contributed by atoms with van der Waals surface area (Å²) in [5.41, 5.74) is -0.700. The molecule has 136 valence electrons. The van der Waals surface area contributed by atoms with Crippen molar-refractivity contribution in [3.05, 3.63) is 65.2 Å². The van der Waals surface area contributed by atoms with E-state index >= 15 is 0 Å². The summed E-state index contributed by atoms with van der Waals surface area (Å²) in [5.74, 6) is -1.38. The summed E-state index contributed by atoms with van der Waals surface area (Å²) in [6, 6.07) is 6.84. The Kier molecular flexibility index (Phi) is 5.63. The molecule has 3 nitrogen and oxygen atoms in total. The zero-order valence-corrected chi connectivity index (χ0v) is 14.7. The number of aromatic nitrogens is 1. The maximum atomic E-state index is 13.9. The van der Waals surface area contributed by atoms with Gasteiger partial charge in [-0.3, -0.25) is 4.98 Å². The Balaban J connectivity index is 2.46. The van der Waals surface area contributed by atoms with Gasteiger partial charge in [0.25, 0.3) is 0 Å². The molecular formula is C17H18F4N2OS. The van der Waals surface area contributed by atoms with E-state index in [1.807, 2.05) is 0 Å². The first-order valence-electron chi connectivity index (χ1n) is 7.46. The monoisotopic (exact) mass is 374 g/mol. The summed E-state index contributed by atoms with van der Waals surface area (Å²) < 4.78 is 66.9. The van der Waals surface area contributed by atoms with Crippen LogP contribution in [0.15, 0.2) is 42.6 Å². The number of rotatable bonds is 4. The molecule has 0 unspecified atom stereocenters. The predicted molar refractivity (Wildman–Crippen MR) is 88.5 cm³/mol. The number of halogens is 4. The minimum atomic E-state index is -4.77. The third-order valence-corrected chi connectivity index (χ3v) is 4.96. The molecule has 0 radical (unpaired) electrons. The second kappa shape index (κ2) is 7.21. The standard InChI is InChI=1S/C17H18F4N2OS/c1-16(2,3)25(24)23-15(14-6-4-5-9-22-14)11-7-8-12(13(18)10-11)17(19,20)21/h4-10,15,23H,1-3H3/t15-,25-/m0/s1. The fraction of sp³-hybridized carbons (Fsp3) is 0.353. The van der Waals surface area contributed by atoms with Gasteiger partial charge in [0, 0.05) is 6.20 Å². The Bertz CT molecular complexity index is 757. The van der Waals surface area contributed by atoms with E-state index in [9.17, 15) is 21.8 Å². The Morgan fingerprint density at radius 2 is 1.80 bits per heavy atom. The zero-order valence-electron chi connectivity index (χ0n) is 13.9. The van der Waals surface area contributed by atoms with Crippen LogP contribution in [0.1, 0.15) is 43.6 Å². The van der Waals surface area contributed by atoms with Gasteiger partial charge in [0.15, 0.2) is 0 Å². The lowest BCUT2D eigenvalue weighted by molar-refractivity contribution is -0.140. The van der Waals surface area contributed by atoms with Crippen molar-refractivity contribution >= 4 is 11.0 Å². The molecule has 0 saturated heterocycles. The van der Waals surface area contributed by atoms with Crippen molar-refractivity contribution in [1.29, 1.82) is 0 Å². The van der Waals surface area contributed by atoms with E-state index in [0.717, 1.165) is 12.1 Å². The predicted octanol–water partition coefficient (Wildman–Crippen LogP) is 4.38. The van der Waals surface area contributed by atoms with Crippen LogP contribution in [0.4, 0.5) is 17.6 Å². The highest BCUT2D eigenvalue weighted by Crippen LogP contribution is 2.33. The Morgan fingerprint density at radius 3 is 2.28 bits per heavy atom. The molecule has 0 fully saturated rings. The number of alkyl halides is 3. The van der Waals surface area contributed by atoms with Gasteiger partial charge < -0.3 is 0 Å². The zero-order chi connectivity index (χ0) is 18.8. The van der Waals surface area contributed by atoms with Crippen LogP contribution in [0.5, 0.6) is 0 Å². The lowest BCUT2D eigenvalue weighted by Gasteiger charge is -2.24. The molecule has 2 aromatic rings. The molecule has 8 heteroatoms. The fourth-order valence-electron chi connectivity index (χ4n) is 2.07. The maximum absolute atomic E-state index is 13.9. The van der Waals surface area contributed by atoms with Crippen LogP contribution < -0.4 is 4.72 Å². The summed E-state index contributed by atoms with van der Waals surface area (Å²) in [7, 11) is -1.53. The smallest absolute Gasteiger partial charge is 0.259 e. The van der Waals surface area contributed by atoms with Crippen LogP contribution in [0.3, 0.4) is 0 Å². The van der Waals surface area contributed by atoms with Crippen LogP contribution in [-0.2, 0) is 17.2 Å². The first-order chi connectivity index (χ1) is 11.5. The second-order valence-electron chi connectivity index (χ2n) is 6.42. The maximum Gasteiger partial charge on any atom is 0.419 e. The third kappa shape index (κ3) is 4.85. The third-order valence-electron chi connectivity index (χ3n) is 3.40. The molecule has 0 saturated carbocycles. The van der Waals surface area contributed by atoms with Crippen LogP contribution in [-0.4, -0.2) is 13.9 Å². The number of hydrogen-bond donors (Lipinski definition) is 1. The van der Waals surface area contributed by atoms with Crippen molar-refractivity contribution in [3.8, 4) is 0 Å². The Hall–Kier alpha value is -1.80. The van der Waals surface area contributed by atoms with Crippen molar-refractivity contribution in [2.24, 2.45) is 0 Å². The average Bonchev–Trinajstić information content (AvgIpc) is 2.51. The van der Waals surface area contributed by atoms with Gasteiger partial charge in [-0.15, -0.1) is 0 Å². The molecule has 0 bridgehead atoms. The molecular weight excluding hydrogens is 356 g/mol. The molecule has 0 amide bonds. The van der Waals surface area contributed by atoms with Crippen molar-refractivity contribution in [2.75, 3.05) is 0 Å². The summed E-state index contributed by atoms with van der Waals surface area (Å²) in [4.78, 5) is 4.15. The van der Waals surface area contributed by atoms with Gasteiger partial charge in [0.1, 0.15) is 5.82 Å². The number of nitrogens with zero attached hydrogens (tertiary/aromatic N) is 1. The molecule has 1 aromatic carbocycles. The molecule has 0 spiro atoms. The summed E-state index contributed by atoms with van der Waals surface area (Å²) >= 11 is 0. The van der Waals surface area contributed by atoms with Crippen molar-refractivity contribution in [2.45, 2.75) is 37.7 Å². The fourth-order valence-corrected chi connectivity index (χ4v) is 2.89. The highest BCUT2D eigenvalue weighted by Gasteiger charge is 2.34. The first kappa shape index (κ1) is 19.5. The molecule has 0 aliphatic rings. The van der Waals surface area contributed by atoms with Gasteiger partial charge >= 0.3 is 6.18 Å². The van der Waals surface area contributed by atoms with Gasteiger partial charge in [-0.05, 0) is 50.6 Å². The van der Waals surface area contributed by atoms with Crippen molar-refractivity contribution in [1.82, 2.24) is 9.71 Å².